The number of aldehydes is 1. The molecular formula is C11H14O3. The number of phenols is 2. The van der Waals surface area contributed by atoms with Crippen molar-refractivity contribution in [2.75, 3.05) is 0 Å². The summed E-state index contributed by atoms with van der Waals surface area (Å²) in [6, 6.07) is 4.80. The monoisotopic (exact) mass is 194 g/mol. The molecule has 1 aromatic rings. The number of hydrogen-bond acceptors (Lipinski definition) is 3. The summed E-state index contributed by atoms with van der Waals surface area (Å²) in [5.74, 6) is -0.181. The summed E-state index contributed by atoms with van der Waals surface area (Å²) in [5, 5.41) is 18.3. The molecule has 3 heteroatoms. The highest BCUT2D eigenvalue weighted by Gasteiger charge is 2.00. The Morgan fingerprint density at radius 2 is 1.93 bits per heavy atom. The van der Waals surface area contributed by atoms with Gasteiger partial charge in [0.15, 0.2) is 11.5 Å². The second-order valence-corrected chi connectivity index (χ2v) is 3.24. The zero-order chi connectivity index (χ0) is 10.4. The van der Waals surface area contributed by atoms with E-state index in [9.17, 15) is 9.90 Å². The van der Waals surface area contributed by atoms with E-state index in [1.165, 1.54) is 6.07 Å². The molecule has 1 rings (SSSR count). The molecule has 0 aliphatic rings. The molecule has 0 aliphatic carbocycles. The van der Waals surface area contributed by atoms with Crippen LogP contribution in [0.25, 0.3) is 0 Å². The van der Waals surface area contributed by atoms with E-state index in [-0.39, 0.29) is 11.5 Å². The number of carbonyl (C=O) groups is 1. The topological polar surface area (TPSA) is 57.5 Å². The summed E-state index contributed by atoms with van der Waals surface area (Å²) in [6.07, 6.45) is 4.11. The normalized spacial score (nSPS) is 10.0. The first-order valence-electron chi connectivity index (χ1n) is 4.68. The molecule has 2 N–H and O–H groups in total. The van der Waals surface area contributed by atoms with Gasteiger partial charge in [-0.3, -0.25) is 0 Å². The van der Waals surface area contributed by atoms with Gasteiger partial charge in [-0.05, 0) is 37.0 Å². The van der Waals surface area contributed by atoms with Crippen LogP contribution < -0.4 is 0 Å². The second-order valence-electron chi connectivity index (χ2n) is 3.24. The van der Waals surface area contributed by atoms with Crippen molar-refractivity contribution < 1.29 is 15.0 Å². The van der Waals surface area contributed by atoms with E-state index in [1.807, 2.05) is 0 Å². The van der Waals surface area contributed by atoms with Crippen LogP contribution in [0.1, 0.15) is 24.8 Å². The minimum Gasteiger partial charge on any atom is -0.504 e. The molecule has 14 heavy (non-hydrogen) atoms. The van der Waals surface area contributed by atoms with E-state index in [4.69, 9.17) is 5.11 Å². The van der Waals surface area contributed by atoms with Crippen LogP contribution in [-0.2, 0) is 11.2 Å². The van der Waals surface area contributed by atoms with E-state index in [2.05, 4.69) is 0 Å². The summed E-state index contributed by atoms with van der Waals surface area (Å²) >= 11 is 0. The summed E-state index contributed by atoms with van der Waals surface area (Å²) in [5.41, 5.74) is 0.978. The lowest BCUT2D eigenvalue weighted by atomic mass is 10.1. The van der Waals surface area contributed by atoms with E-state index < -0.39 is 0 Å². The quantitative estimate of drug-likeness (QED) is 0.428. The smallest absolute Gasteiger partial charge is 0.157 e. The largest absolute Gasteiger partial charge is 0.504 e. The van der Waals surface area contributed by atoms with Crippen LogP contribution >= 0.6 is 0 Å². The molecule has 0 atom stereocenters. The fourth-order valence-corrected chi connectivity index (χ4v) is 1.28. The number of aromatic hydroxyl groups is 2. The highest BCUT2D eigenvalue weighted by molar-refractivity contribution is 5.49. The third-order valence-electron chi connectivity index (χ3n) is 2.08. The van der Waals surface area contributed by atoms with Crippen molar-refractivity contribution in [2.45, 2.75) is 25.7 Å². The molecule has 0 bridgehead atoms. The molecule has 0 radical (unpaired) electrons. The van der Waals surface area contributed by atoms with Crippen molar-refractivity contribution in [3.63, 3.8) is 0 Å². The van der Waals surface area contributed by atoms with E-state index >= 15 is 0 Å². The Hall–Kier alpha value is -1.51. The Morgan fingerprint density at radius 1 is 1.14 bits per heavy atom. The Labute approximate surface area is 83.0 Å². The molecule has 76 valence electrons. The van der Waals surface area contributed by atoms with Crippen LogP contribution in [0.2, 0.25) is 0 Å². The highest BCUT2D eigenvalue weighted by Crippen LogP contribution is 2.25. The van der Waals surface area contributed by atoms with Crippen LogP contribution in [0.4, 0.5) is 0 Å². The number of carbonyl (C=O) groups excluding carboxylic acids is 1. The SMILES string of the molecule is O=CCCCCc1ccc(O)c(O)c1. The molecule has 0 saturated carbocycles. The van der Waals surface area contributed by atoms with Gasteiger partial charge >= 0.3 is 0 Å². The molecule has 3 nitrogen and oxygen atoms in total. The zero-order valence-corrected chi connectivity index (χ0v) is 7.94. The van der Waals surface area contributed by atoms with E-state index in [1.54, 1.807) is 12.1 Å². The second kappa shape index (κ2) is 5.27. The number of rotatable bonds is 5. The van der Waals surface area contributed by atoms with Gasteiger partial charge in [-0.2, -0.15) is 0 Å². The molecule has 0 heterocycles. The number of benzene rings is 1. The lowest BCUT2D eigenvalue weighted by Crippen LogP contribution is -1.86. The van der Waals surface area contributed by atoms with Crippen molar-refractivity contribution in [2.24, 2.45) is 0 Å². The molecule has 0 fully saturated rings. The van der Waals surface area contributed by atoms with Crippen molar-refractivity contribution in [1.82, 2.24) is 0 Å². The third kappa shape index (κ3) is 3.09. The van der Waals surface area contributed by atoms with Gasteiger partial charge in [-0.1, -0.05) is 6.07 Å². The van der Waals surface area contributed by atoms with Gasteiger partial charge in [-0.15, -0.1) is 0 Å². The van der Waals surface area contributed by atoms with Gasteiger partial charge in [0.05, 0.1) is 0 Å². The van der Waals surface area contributed by atoms with Crippen molar-refractivity contribution >= 4 is 6.29 Å². The summed E-state index contributed by atoms with van der Waals surface area (Å²) in [4.78, 5) is 10.0. The van der Waals surface area contributed by atoms with E-state index in [0.717, 1.165) is 31.1 Å². The maximum absolute atomic E-state index is 10.0. The van der Waals surface area contributed by atoms with E-state index in [0.29, 0.717) is 6.42 Å². The summed E-state index contributed by atoms with van der Waals surface area (Å²) < 4.78 is 0. The molecule has 1 aromatic carbocycles. The minimum atomic E-state index is -0.0957. The van der Waals surface area contributed by atoms with Gasteiger partial charge in [0, 0.05) is 6.42 Å². The van der Waals surface area contributed by atoms with Gasteiger partial charge in [0.1, 0.15) is 6.29 Å². The Bertz CT molecular complexity index is 307. The summed E-state index contributed by atoms with van der Waals surface area (Å²) in [7, 11) is 0. The van der Waals surface area contributed by atoms with Gasteiger partial charge in [-0.25, -0.2) is 0 Å². The van der Waals surface area contributed by atoms with Crippen LogP contribution in [0, 0.1) is 0 Å². The van der Waals surface area contributed by atoms with Crippen LogP contribution in [0.15, 0.2) is 18.2 Å². The predicted octanol–water partition coefficient (Wildman–Crippen LogP) is 2.01. The van der Waals surface area contributed by atoms with Crippen LogP contribution in [0.5, 0.6) is 11.5 Å². The number of unbranched alkanes of at least 4 members (excludes halogenated alkanes) is 2. The first kappa shape index (κ1) is 10.6. The fraction of sp³-hybridized carbons (Fsp3) is 0.364. The maximum Gasteiger partial charge on any atom is 0.157 e. The Kier molecular flexibility index (Phi) is 3.98. The Morgan fingerprint density at radius 3 is 2.57 bits per heavy atom. The first-order valence-corrected chi connectivity index (χ1v) is 4.68. The first-order chi connectivity index (χ1) is 6.74. The van der Waals surface area contributed by atoms with Crippen LogP contribution in [-0.4, -0.2) is 16.5 Å². The molecule has 0 saturated heterocycles. The minimum absolute atomic E-state index is 0.0853. The molecule has 0 amide bonds. The van der Waals surface area contributed by atoms with Crippen LogP contribution in [0.3, 0.4) is 0 Å². The molecule has 0 spiro atoms. The van der Waals surface area contributed by atoms with Crippen molar-refractivity contribution in [1.29, 1.82) is 0 Å². The molecule has 0 aliphatic heterocycles. The summed E-state index contributed by atoms with van der Waals surface area (Å²) in [6.45, 7) is 0. The Balaban J connectivity index is 2.43. The average molecular weight is 194 g/mol. The highest BCUT2D eigenvalue weighted by atomic mass is 16.3. The third-order valence-corrected chi connectivity index (χ3v) is 2.08. The average Bonchev–Trinajstić information content (AvgIpc) is 2.18. The fourth-order valence-electron chi connectivity index (χ4n) is 1.28. The number of phenolic OH excluding ortho intramolecular Hbond substituents is 2. The zero-order valence-electron chi connectivity index (χ0n) is 7.94. The molecule has 0 unspecified atom stereocenters. The van der Waals surface area contributed by atoms with Gasteiger partial charge in [0.2, 0.25) is 0 Å². The predicted molar refractivity (Wildman–Crippen MR) is 53.4 cm³/mol. The van der Waals surface area contributed by atoms with Crippen molar-refractivity contribution in [3.8, 4) is 11.5 Å². The number of aryl methyl sites for hydroxylation is 1. The molecular weight excluding hydrogens is 180 g/mol. The lowest BCUT2D eigenvalue weighted by Gasteiger charge is -2.02. The van der Waals surface area contributed by atoms with Crippen molar-refractivity contribution in [3.05, 3.63) is 23.8 Å². The lowest BCUT2D eigenvalue weighted by molar-refractivity contribution is -0.107. The standard InChI is InChI=1S/C11H14O3/c12-7-3-1-2-4-9-5-6-10(13)11(14)8-9/h5-8,13-14H,1-4H2. The maximum atomic E-state index is 10.0. The van der Waals surface area contributed by atoms with Gasteiger partial charge < -0.3 is 15.0 Å². The van der Waals surface area contributed by atoms with Gasteiger partial charge in [0.25, 0.3) is 0 Å². The molecule has 0 aromatic heterocycles. The number of hydrogen-bond donors (Lipinski definition) is 2.